The van der Waals surface area contributed by atoms with Crippen molar-refractivity contribution >= 4 is 5.78 Å². The lowest BCUT2D eigenvalue weighted by Gasteiger charge is -2.10. The highest BCUT2D eigenvalue weighted by molar-refractivity contribution is 6.02. The van der Waals surface area contributed by atoms with Crippen LogP contribution in [-0.4, -0.2) is 17.4 Å². The Labute approximate surface area is 82.5 Å². The van der Waals surface area contributed by atoms with Gasteiger partial charge in [-0.2, -0.15) is 0 Å². The Balaban J connectivity index is 2.28. The molecule has 0 radical (unpaired) electrons. The number of phenolic OH excluding ortho intramolecular Hbond substituents is 1. The molecule has 0 heterocycles. The van der Waals surface area contributed by atoms with Crippen LogP contribution < -0.4 is 5.73 Å². The smallest absolute Gasteiger partial charge is 0.170 e. The maximum Gasteiger partial charge on any atom is 0.170 e. The second kappa shape index (κ2) is 3.10. The average molecular weight is 191 g/mol. The lowest BCUT2D eigenvalue weighted by atomic mass is 9.95. The van der Waals surface area contributed by atoms with E-state index in [9.17, 15) is 9.90 Å². The molecule has 1 fully saturated rings. The zero-order chi connectivity index (χ0) is 10.2. The molecule has 2 rings (SSSR count). The maximum absolute atomic E-state index is 11.9. The van der Waals surface area contributed by atoms with E-state index in [2.05, 4.69) is 0 Å². The van der Waals surface area contributed by atoms with E-state index in [0.717, 1.165) is 12.8 Å². The van der Waals surface area contributed by atoms with Gasteiger partial charge in [0.2, 0.25) is 0 Å². The van der Waals surface area contributed by atoms with Crippen LogP contribution in [0.1, 0.15) is 23.2 Å². The standard InChI is InChI=1S/C11H13NO2/c12-7-11(4-5-11)10(14)8-2-1-3-9(13)6-8/h1-3,6,13H,4-5,7,12H2. The van der Waals surface area contributed by atoms with E-state index >= 15 is 0 Å². The van der Waals surface area contributed by atoms with Crippen molar-refractivity contribution in [3.63, 3.8) is 0 Å². The third kappa shape index (κ3) is 1.40. The SMILES string of the molecule is NCC1(C(=O)c2cccc(O)c2)CC1. The molecule has 0 bridgehead atoms. The van der Waals surface area contributed by atoms with E-state index in [0.29, 0.717) is 12.1 Å². The zero-order valence-electron chi connectivity index (χ0n) is 7.86. The summed E-state index contributed by atoms with van der Waals surface area (Å²) in [5.41, 5.74) is 5.80. The molecule has 0 unspecified atom stereocenters. The largest absolute Gasteiger partial charge is 0.508 e. The zero-order valence-corrected chi connectivity index (χ0v) is 7.86. The van der Waals surface area contributed by atoms with Crippen molar-refractivity contribution in [2.45, 2.75) is 12.8 Å². The van der Waals surface area contributed by atoms with Crippen molar-refractivity contribution in [3.05, 3.63) is 29.8 Å². The minimum Gasteiger partial charge on any atom is -0.508 e. The van der Waals surface area contributed by atoms with Crippen molar-refractivity contribution in [1.29, 1.82) is 0 Å². The van der Waals surface area contributed by atoms with Crippen LogP contribution in [0.4, 0.5) is 0 Å². The monoisotopic (exact) mass is 191 g/mol. The molecule has 0 aromatic heterocycles. The van der Waals surface area contributed by atoms with E-state index in [-0.39, 0.29) is 16.9 Å². The van der Waals surface area contributed by atoms with Crippen molar-refractivity contribution in [3.8, 4) is 5.75 Å². The van der Waals surface area contributed by atoms with Crippen molar-refractivity contribution in [1.82, 2.24) is 0 Å². The molecule has 3 N–H and O–H groups in total. The molecule has 1 aliphatic carbocycles. The highest BCUT2D eigenvalue weighted by Gasteiger charge is 2.48. The molecule has 0 saturated heterocycles. The minimum atomic E-state index is -0.326. The predicted molar refractivity (Wildman–Crippen MR) is 53.2 cm³/mol. The molecule has 0 amide bonds. The number of Topliss-reactive ketones (excluding diaryl/α,β-unsaturated/α-hetero) is 1. The van der Waals surface area contributed by atoms with Crippen molar-refractivity contribution in [2.24, 2.45) is 11.1 Å². The summed E-state index contributed by atoms with van der Waals surface area (Å²) in [5, 5.41) is 9.24. The van der Waals surface area contributed by atoms with Crippen LogP contribution in [0.2, 0.25) is 0 Å². The molecule has 0 aliphatic heterocycles. The van der Waals surface area contributed by atoms with Crippen LogP contribution in [0.5, 0.6) is 5.75 Å². The molecule has 14 heavy (non-hydrogen) atoms. The van der Waals surface area contributed by atoms with Gasteiger partial charge in [0, 0.05) is 17.5 Å². The summed E-state index contributed by atoms with van der Waals surface area (Å²) in [6, 6.07) is 6.45. The summed E-state index contributed by atoms with van der Waals surface area (Å²) < 4.78 is 0. The second-order valence-electron chi connectivity index (χ2n) is 3.86. The molecule has 1 aliphatic rings. The van der Waals surface area contributed by atoms with Gasteiger partial charge in [-0.05, 0) is 25.0 Å². The quantitative estimate of drug-likeness (QED) is 0.708. The Morgan fingerprint density at radius 3 is 2.71 bits per heavy atom. The number of ketones is 1. The fourth-order valence-electron chi connectivity index (χ4n) is 1.63. The first-order chi connectivity index (χ1) is 6.68. The molecule has 74 valence electrons. The first-order valence-corrected chi connectivity index (χ1v) is 4.72. The van der Waals surface area contributed by atoms with E-state index in [1.165, 1.54) is 6.07 Å². The normalized spacial score (nSPS) is 17.8. The fraction of sp³-hybridized carbons (Fsp3) is 0.364. The van der Waals surface area contributed by atoms with Crippen molar-refractivity contribution < 1.29 is 9.90 Å². The lowest BCUT2D eigenvalue weighted by molar-refractivity contribution is 0.0905. The molecule has 1 aromatic carbocycles. The minimum absolute atomic E-state index is 0.0656. The molecule has 3 heteroatoms. The van der Waals surface area contributed by atoms with Gasteiger partial charge in [-0.3, -0.25) is 4.79 Å². The molecule has 0 spiro atoms. The number of benzene rings is 1. The van der Waals surface area contributed by atoms with Crippen LogP contribution in [0.25, 0.3) is 0 Å². The first-order valence-electron chi connectivity index (χ1n) is 4.72. The number of carbonyl (C=O) groups is 1. The molecule has 3 nitrogen and oxygen atoms in total. The number of carbonyl (C=O) groups excluding carboxylic acids is 1. The number of rotatable bonds is 3. The molecule has 1 aromatic rings. The van der Waals surface area contributed by atoms with Gasteiger partial charge in [-0.25, -0.2) is 0 Å². The molecular formula is C11H13NO2. The number of hydrogen-bond acceptors (Lipinski definition) is 3. The average Bonchev–Trinajstić information content (AvgIpc) is 2.97. The van der Waals surface area contributed by atoms with Gasteiger partial charge in [0.15, 0.2) is 5.78 Å². The Kier molecular flexibility index (Phi) is 2.04. The molecule has 0 atom stereocenters. The Morgan fingerprint density at radius 2 is 2.21 bits per heavy atom. The summed E-state index contributed by atoms with van der Waals surface area (Å²) in [7, 11) is 0. The first kappa shape index (κ1) is 9.21. The number of aromatic hydroxyl groups is 1. The van der Waals surface area contributed by atoms with Gasteiger partial charge in [-0.15, -0.1) is 0 Å². The van der Waals surface area contributed by atoms with Crippen molar-refractivity contribution in [2.75, 3.05) is 6.54 Å². The number of phenols is 1. The van der Waals surface area contributed by atoms with Gasteiger partial charge in [0.25, 0.3) is 0 Å². The van der Waals surface area contributed by atoms with E-state index < -0.39 is 0 Å². The van der Waals surface area contributed by atoms with E-state index in [4.69, 9.17) is 5.73 Å². The van der Waals surface area contributed by atoms with E-state index in [1.54, 1.807) is 18.2 Å². The van der Waals surface area contributed by atoms with Gasteiger partial charge in [-0.1, -0.05) is 12.1 Å². The van der Waals surface area contributed by atoms with Crippen LogP contribution in [0.3, 0.4) is 0 Å². The van der Waals surface area contributed by atoms with Crippen LogP contribution in [0, 0.1) is 5.41 Å². The summed E-state index contributed by atoms with van der Waals surface area (Å²) in [5.74, 6) is 0.194. The number of nitrogens with two attached hydrogens (primary N) is 1. The summed E-state index contributed by atoms with van der Waals surface area (Å²) in [6.45, 7) is 0.404. The predicted octanol–water partition coefficient (Wildman–Crippen LogP) is 1.31. The summed E-state index contributed by atoms with van der Waals surface area (Å²) >= 11 is 0. The Morgan fingerprint density at radius 1 is 1.50 bits per heavy atom. The van der Waals surface area contributed by atoms with Gasteiger partial charge in [0.1, 0.15) is 5.75 Å². The van der Waals surface area contributed by atoms with E-state index in [1.807, 2.05) is 0 Å². The Bertz CT molecular complexity index is 369. The number of hydrogen-bond donors (Lipinski definition) is 2. The molecule has 1 saturated carbocycles. The Hall–Kier alpha value is -1.35. The second-order valence-corrected chi connectivity index (χ2v) is 3.86. The van der Waals surface area contributed by atoms with Crippen LogP contribution in [-0.2, 0) is 0 Å². The maximum atomic E-state index is 11.9. The van der Waals surface area contributed by atoms with Gasteiger partial charge in [0.05, 0.1) is 0 Å². The third-order valence-electron chi connectivity index (χ3n) is 2.83. The van der Waals surface area contributed by atoms with Crippen LogP contribution in [0.15, 0.2) is 24.3 Å². The topological polar surface area (TPSA) is 63.3 Å². The van der Waals surface area contributed by atoms with Crippen LogP contribution >= 0.6 is 0 Å². The fourth-order valence-corrected chi connectivity index (χ4v) is 1.63. The lowest BCUT2D eigenvalue weighted by Crippen LogP contribution is -2.25. The van der Waals surface area contributed by atoms with Gasteiger partial charge >= 0.3 is 0 Å². The van der Waals surface area contributed by atoms with Gasteiger partial charge < -0.3 is 10.8 Å². The summed E-state index contributed by atoms with van der Waals surface area (Å²) in [4.78, 5) is 11.9. The third-order valence-corrected chi connectivity index (χ3v) is 2.83. The highest BCUT2D eigenvalue weighted by atomic mass is 16.3. The highest BCUT2D eigenvalue weighted by Crippen LogP contribution is 2.47. The molecular weight excluding hydrogens is 178 g/mol. The summed E-state index contributed by atoms with van der Waals surface area (Å²) in [6.07, 6.45) is 1.75.